The van der Waals surface area contributed by atoms with Gasteiger partial charge in [-0.05, 0) is 45.6 Å². The smallest absolute Gasteiger partial charge is 0.202 e. The second-order valence-corrected chi connectivity index (χ2v) is 10.4. The molecule has 0 radical (unpaired) electrons. The zero-order chi connectivity index (χ0) is 29.1. The number of fused-ring (bicyclic) bond motifs is 3. The van der Waals surface area contributed by atoms with Crippen LogP contribution < -0.4 is 10.2 Å². The second-order valence-electron chi connectivity index (χ2n) is 10.4. The van der Waals surface area contributed by atoms with Gasteiger partial charge in [-0.2, -0.15) is 5.10 Å². The van der Waals surface area contributed by atoms with Crippen LogP contribution in [0.3, 0.4) is 0 Å². The van der Waals surface area contributed by atoms with Crippen molar-refractivity contribution in [1.82, 2.24) is 5.43 Å². The minimum atomic E-state index is -0.640. The van der Waals surface area contributed by atoms with Crippen LogP contribution in [-0.4, -0.2) is 81.6 Å². The quantitative estimate of drug-likeness (QED) is 0.154. The van der Waals surface area contributed by atoms with Crippen molar-refractivity contribution in [3.63, 3.8) is 0 Å². The van der Waals surface area contributed by atoms with Gasteiger partial charge in [-0.25, -0.2) is 0 Å². The van der Waals surface area contributed by atoms with E-state index in [4.69, 9.17) is 19.7 Å². The van der Waals surface area contributed by atoms with E-state index in [0.29, 0.717) is 42.5 Å². The number of benzene rings is 2. The Morgan fingerprint density at radius 3 is 2.35 bits per heavy atom. The molecule has 0 aromatic heterocycles. The molecule has 11 heteroatoms. The number of ether oxygens (including phenoxy) is 2. The SMILES string of the molecule is COc1cccc2c1C(=O)c1c(O)c3c(c(O)c1C2=O)C[C@@H](/C(CO)=N\NC(C)C)CC3.OC1CC[C@H](O)CO1. The Kier molecular flexibility index (Phi) is 9.09. The van der Waals surface area contributed by atoms with Gasteiger partial charge in [0.15, 0.2) is 12.1 Å². The third kappa shape index (κ3) is 5.68. The van der Waals surface area contributed by atoms with Crippen molar-refractivity contribution < 1.29 is 44.6 Å². The number of carbonyl (C=O) groups excluding carboxylic acids is 2. The molecule has 2 aromatic rings. The number of hydrazone groups is 1. The number of hydrogen-bond donors (Lipinski definition) is 6. The molecular formula is C29H36N2O9. The summed E-state index contributed by atoms with van der Waals surface area (Å²) in [5.74, 6) is -1.59. The minimum absolute atomic E-state index is 0.0882. The first-order valence-corrected chi connectivity index (χ1v) is 13.4. The highest BCUT2D eigenvalue weighted by Gasteiger charge is 2.40. The summed E-state index contributed by atoms with van der Waals surface area (Å²) in [7, 11) is 1.40. The number of phenolic OH excluding ortho intramolecular Hbond substituents is 2. The van der Waals surface area contributed by atoms with Crippen LogP contribution in [0.2, 0.25) is 0 Å². The fourth-order valence-electron chi connectivity index (χ4n) is 5.28. The number of carbonyl (C=O) groups is 2. The Balaban J connectivity index is 0.000000398. The predicted octanol–water partition coefficient (Wildman–Crippen LogP) is 1.81. The molecule has 5 rings (SSSR count). The Hall–Kier alpha value is -3.51. The van der Waals surface area contributed by atoms with Gasteiger partial charge in [-0.15, -0.1) is 0 Å². The van der Waals surface area contributed by atoms with Crippen LogP contribution in [0.4, 0.5) is 0 Å². The first-order chi connectivity index (χ1) is 19.1. The van der Waals surface area contributed by atoms with E-state index in [9.17, 15) is 24.9 Å². The number of rotatable bonds is 5. The lowest BCUT2D eigenvalue weighted by Crippen LogP contribution is -2.30. The molecule has 1 unspecified atom stereocenters. The van der Waals surface area contributed by atoms with Crippen molar-refractivity contribution in [3.8, 4) is 17.2 Å². The number of aliphatic hydroxyl groups excluding tert-OH is 3. The van der Waals surface area contributed by atoms with E-state index < -0.39 is 17.9 Å². The van der Waals surface area contributed by atoms with Crippen LogP contribution in [0.15, 0.2) is 23.3 Å². The van der Waals surface area contributed by atoms with Crippen LogP contribution in [-0.2, 0) is 17.6 Å². The van der Waals surface area contributed by atoms with E-state index >= 15 is 0 Å². The van der Waals surface area contributed by atoms with Gasteiger partial charge in [0.25, 0.3) is 0 Å². The van der Waals surface area contributed by atoms with Gasteiger partial charge >= 0.3 is 0 Å². The van der Waals surface area contributed by atoms with Gasteiger partial charge in [-0.3, -0.25) is 9.59 Å². The number of ketones is 2. The molecule has 1 fully saturated rings. The molecule has 3 aliphatic rings. The minimum Gasteiger partial charge on any atom is -0.507 e. The molecule has 216 valence electrons. The van der Waals surface area contributed by atoms with Gasteiger partial charge in [0.2, 0.25) is 5.78 Å². The summed E-state index contributed by atoms with van der Waals surface area (Å²) >= 11 is 0. The van der Waals surface area contributed by atoms with Crippen LogP contribution in [0, 0.1) is 5.92 Å². The topological polar surface area (TPSA) is 178 Å². The summed E-state index contributed by atoms with van der Waals surface area (Å²) in [5.41, 5.74) is 4.19. The third-order valence-corrected chi connectivity index (χ3v) is 7.35. The van der Waals surface area contributed by atoms with E-state index in [2.05, 4.69) is 10.5 Å². The largest absolute Gasteiger partial charge is 0.507 e. The molecule has 40 heavy (non-hydrogen) atoms. The normalized spacial score (nSPS) is 22.1. The monoisotopic (exact) mass is 556 g/mol. The Bertz CT molecular complexity index is 1300. The predicted molar refractivity (Wildman–Crippen MR) is 145 cm³/mol. The molecule has 0 bridgehead atoms. The van der Waals surface area contributed by atoms with Crippen molar-refractivity contribution in [2.24, 2.45) is 11.0 Å². The Labute approximate surface area is 232 Å². The van der Waals surface area contributed by atoms with Gasteiger partial charge in [-0.1, -0.05) is 12.1 Å². The number of methoxy groups -OCH3 is 1. The maximum absolute atomic E-state index is 13.3. The lowest BCUT2D eigenvalue weighted by molar-refractivity contribution is -0.155. The maximum atomic E-state index is 13.3. The molecule has 0 amide bonds. The zero-order valence-electron chi connectivity index (χ0n) is 22.8. The highest BCUT2D eigenvalue weighted by atomic mass is 16.6. The standard InChI is InChI=1S/C24H26N2O6.C5H10O3/c1-11(2)25-26-16(10-27)12-7-8-13-15(9-12)23(30)19-20(21(13)28)24(31)18-14(22(19)29)5-4-6-17(18)32-3;6-4-1-2-5(7)8-3-4/h4-6,11-12,25,27-28,30H,7-10H2,1-3H3;4-7H,1-3H2/b26-16-;/t12-;4-,5?/m00/s1. The van der Waals surface area contributed by atoms with Crippen LogP contribution in [0.5, 0.6) is 17.2 Å². The lowest BCUT2D eigenvalue weighted by atomic mass is 9.74. The van der Waals surface area contributed by atoms with Crippen LogP contribution in [0.25, 0.3) is 0 Å². The summed E-state index contributed by atoms with van der Waals surface area (Å²) in [5, 5.41) is 53.7. The highest BCUT2D eigenvalue weighted by molar-refractivity contribution is 6.31. The Morgan fingerprint density at radius 2 is 1.75 bits per heavy atom. The first-order valence-electron chi connectivity index (χ1n) is 13.4. The number of phenols is 2. The highest BCUT2D eigenvalue weighted by Crippen LogP contribution is 2.47. The van der Waals surface area contributed by atoms with Crippen molar-refractivity contribution >= 4 is 17.3 Å². The molecule has 2 aliphatic carbocycles. The number of aromatic hydroxyl groups is 2. The molecule has 11 nitrogen and oxygen atoms in total. The van der Waals surface area contributed by atoms with Crippen molar-refractivity contribution in [3.05, 3.63) is 51.6 Å². The first kappa shape index (κ1) is 29.5. The maximum Gasteiger partial charge on any atom is 0.202 e. The summed E-state index contributed by atoms with van der Waals surface area (Å²) in [6.07, 6.45) is 1.43. The summed E-state index contributed by atoms with van der Waals surface area (Å²) in [4.78, 5) is 26.6. The van der Waals surface area contributed by atoms with Crippen molar-refractivity contribution in [1.29, 1.82) is 0 Å². The van der Waals surface area contributed by atoms with Crippen molar-refractivity contribution in [2.45, 2.75) is 64.4 Å². The van der Waals surface area contributed by atoms with Gasteiger partial charge in [0.1, 0.15) is 17.2 Å². The van der Waals surface area contributed by atoms with E-state index in [1.54, 1.807) is 12.1 Å². The van der Waals surface area contributed by atoms with Gasteiger partial charge < -0.3 is 40.4 Å². The molecular weight excluding hydrogens is 520 g/mol. The molecule has 0 saturated carbocycles. The number of aliphatic hydroxyl groups is 3. The average Bonchev–Trinajstić information content (AvgIpc) is 2.95. The van der Waals surface area contributed by atoms with Crippen LogP contribution >= 0.6 is 0 Å². The molecule has 2 aromatic carbocycles. The van der Waals surface area contributed by atoms with E-state index in [1.807, 2.05) is 13.8 Å². The second kappa shape index (κ2) is 12.3. The van der Waals surface area contributed by atoms with E-state index in [0.717, 1.165) is 0 Å². The van der Waals surface area contributed by atoms with Crippen LogP contribution in [0.1, 0.15) is 76.1 Å². The fourth-order valence-corrected chi connectivity index (χ4v) is 5.28. The molecule has 6 N–H and O–H groups in total. The zero-order valence-corrected chi connectivity index (χ0v) is 22.8. The summed E-state index contributed by atoms with van der Waals surface area (Å²) < 4.78 is 9.96. The van der Waals surface area contributed by atoms with Crippen molar-refractivity contribution in [2.75, 3.05) is 20.3 Å². The average molecular weight is 557 g/mol. The summed E-state index contributed by atoms with van der Waals surface area (Å²) in [6.45, 7) is 3.89. The number of nitrogens with one attached hydrogen (secondary N) is 1. The van der Waals surface area contributed by atoms with E-state index in [-0.39, 0.29) is 77.2 Å². The fraction of sp³-hybridized carbons (Fsp3) is 0.483. The Morgan fingerprint density at radius 1 is 1.05 bits per heavy atom. The van der Waals surface area contributed by atoms with E-state index in [1.165, 1.54) is 13.2 Å². The number of nitrogens with zero attached hydrogens (tertiary/aromatic N) is 1. The summed E-state index contributed by atoms with van der Waals surface area (Å²) in [6, 6.07) is 4.78. The molecule has 0 spiro atoms. The molecule has 1 heterocycles. The molecule has 3 atom stereocenters. The van der Waals surface area contributed by atoms with Gasteiger partial charge in [0, 0.05) is 35.1 Å². The molecule has 1 saturated heterocycles. The number of hydrogen-bond acceptors (Lipinski definition) is 11. The lowest BCUT2D eigenvalue weighted by Gasteiger charge is -2.30. The van der Waals surface area contributed by atoms with Gasteiger partial charge in [0.05, 0.1) is 48.8 Å². The molecule has 1 aliphatic heterocycles. The third-order valence-electron chi connectivity index (χ3n) is 7.35.